The number of benzene rings is 2. The third kappa shape index (κ3) is 5.17. The molecule has 1 heterocycles. The highest BCUT2D eigenvalue weighted by Gasteiger charge is 2.35. The monoisotopic (exact) mass is 394 g/mol. The molecule has 3 atom stereocenters. The number of ether oxygens (including phenoxy) is 1. The quantitative estimate of drug-likeness (QED) is 0.809. The Morgan fingerprint density at radius 2 is 1.79 bits per heavy atom. The topological polar surface area (TPSA) is 58.6 Å². The number of nitrogens with zero attached hydrogens (tertiary/aromatic N) is 1. The van der Waals surface area contributed by atoms with E-state index in [4.69, 9.17) is 4.74 Å². The van der Waals surface area contributed by atoms with Crippen LogP contribution >= 0.6 is 0 Å². The first-order valence-electron chi connectivity index (χ1n) is 10.3. The molecule has 5 heteroatoms. The molecule has 0 aromatic heterocycles. The van der Waals surface area contributed by atoms with Crippen molar-refractivity contribution < 1.29 is 14.3 Å². The van der Waals surface area contributed by atoms with Crippen LogP contribution in [0.15, 0.2) is 54.6 Å². The molecule has 0 saturated carbocycles. The van der Waals surface area contributed by atoms with Crippen LogP contribution in [-0.2, 0) is 4.79 Å². The summed E-state index contributed by atoms with van der Waals surface area (Å²) in [6.07, 6.45) is 1.63. The molecule has 3 rings (SSSR count). The van der Waals surface area contributed by atoms with Gasteiger partial charge >= 0.3 is 0 Å². The summed E-state index contributed by atoms with van der Waals surface area (Å²) in [5, 5.41) is 3.09. The number of likely N-dealkylation sites (tertiary alicyclic amines) is 1. The van der Waals surface area contributed by atoms with Crippen LogP contribution in [0.5, 0.6) is 5.75 Å². The van der Waals surface area contributed by atoms with Crippen molar-refractivity contribution in [3.05, 3.63) is 65.7 Å². The maximum atomic E-state index is 13.2. The highest BCUT2D eigenvalue weighted by molar-refractivity contribution is 5.95. The van der Waals surface area contributed by atoms with Crippen LogP contribution < -0.4 is 10.1 Å². The van der Waals surface area contributed by atoms with Crippen LogP contribution in [-0.4, -0.2) is 43.0 Å². The van der Waals surface area contributed by atoms with E-state index < -0.39 is 0 Å². The summed E-state index contributed by atoms with van der Waals surface area (Å²) in [7, 11) is 1.60. The molecule has 0 unspecified atom stereocenters. The number of piperidine rings is 1. The lowest BCUT2D eigenvalue weighted by Gasteiger charge is -2.38. The Hall–Kier alpha value is -2.82. The van der Waals surface area contributed by atoms with Crippen LogP contribution in [0.4, 0.5) is 0 Å². The highest BCUT2D eigenvalue weighted by atomic mass is 16.5. The Bertz CT molecular complexity index is 820. The molecular formula is C24H30N2O3. The molecule has 2 aromatic carbocycles. The van der Waals surface area contributed by atoms with Crippen LogP contribution in [0.2, 0.25) is 0 Å². The van der Waals surface area contributed by atoms with Gasteiger partial charge in [-0.15, -0.1) is 0 Å². The average molecular weight is 395 g/mol. The van der Waals surface area contributed by atoms with E-state index in [-0.39, 0.29) is 29.7 Å². The number of methoxy groups -OCH3 is 1. The summed E-state index contributed by atoms with van der Waals surface area (Å²) >= 11 is 0. The Morgan fingerprint density at radius 3 is 2.41 bits per heavy atom. The van der Waals surface area contributed by atoms with Gasteiger partial charge in [-0.3, -0.25) is 9.59 Å². The number of amides is 2. The number of carbonyl (C=O) groups excluding carboxylic acids is 2. The minimum atomic E-state index is -0.217. The molecule has 1 saturated heterocycles. The zero-order valence-corrected chi connectivity index (χ0v) is 17.4. The molecule has 1 aliphatic heterocycles. The van der Waals surface area contributed by atoms with Gasteiger partial charge in [0.2, 0.25) is 5.91 Å². The highest BCUT2D eigenvalue weighted by Crippen LogP contribution is 2.31. The molecule has 1 fully saturated rings. The van der Waals surface area contributed by atoms with Gasteiger partial charge in [-0.2, -0.15) is 0 Å². The van der Waals surface area contributed by atoms with Crippen molar-refractivity contribution in [2.75, 3.05) is 20.2 Å². The van der Waals surface area contributed by atoms with Crippen molar-refractivity contribution >= 4 is 11.8 Å². The third-order valence-corrected chi connectivity index (χ3v) is 5.72. The minimum Gasteiger partial charge on any atom is -0.497 e. The van der Waals surface area contributed by atoms with Gasteiger partial charge in [0.1, 0.15) is 5.75 Å². The zero-order valence-electron chi connectivity index (χ0n) is 17.4. The first kappa shape index (κ1) is 20.9. The van der Waals surface area contributed by atoms with Crippen LogP contribution in [0.25, 0.3) is 0 Å². The molecule has 29 heavy (non-hydrogen) atoms. The van der Waals surface area contributed by atoms with E-state index >= 15 is 0 Å². The number of hydrogen-bond donors (Lipinski definition) is 1. The summed E-state index contributed by atoms with van der Waals surface area (Å²) < 4.78 is 5.19. The summed E-state index contributed by atoms with van der Waals surface area (Å²) in [5.41, 5.74) is 1.78. The SMILES string of the molecule is CC[C@H](C)NC(=O)[C@H]1C[C@H](c2ccccc2)CN(C(=O)c2ccc(OC)cc2)C1. The molecule has 1 N–H and O–H groups in total. The van der Waals surface area contributed by atoms with Crippen molar-refractivity contribution in [3.8, 4) is 5.75 Å². The Kier molecular flexibility index (Phi) is 6.91. The lowest BCUT2D eigenvalue weighted by atomic mass is 9.83. The van der Waals surface area contributed by atoms with Gasteiger partial charge in [-0.05, 0) is 49.6 Å². The Morgan fingerprint density at radius 1 is 1.10 bits per heavy atom. The van der Waals surface area contributed by atoms with E-state index in [1.54, 1.807) is 31.4 Å². The summed E-state index contributed by atoms with van der Waals surface area (Å²) in [5.74, 6) is 0.625. The van der Waals surface area contributed by atoms with Crippen LogP contribution in [0.1, 0.15) is 48.5 Å². The molecule has 5 nitrogen and oxygen atoms in total. The zero-order chi connectivity index (χ0) is 20.8. The maximum absolute atomic E-state index is 13.2. The molecule has 1 aliphatic rings. The summed E-state index contributed by atoms with van der Waals surface area (Å²) in [6.45, 7) is 5.12. The first-order valence-corrected chi connectivity index (χ1v) is 10.3. The van der Waals surface area contributed by atoms with E-state index in [1.165, 1.54) is 5.56 Å². The van der Waals surface area contributed by atoms with Crippen molar-refractivity contribution in [2.24, 2.45) is 5.92 Å². The number of carbonyl (C=O) groups is 2. The fourth-order valence-electron chi connectivity index (χ4n) is 3.80. The van der Waals surface area contributed by atoms with Gasteiger partial charge in [0, 0.05) is 30.6 Å². The summed E-state index contributed by atoms with van der Waals surface area (Å²) in [4.78, 5) is 27.9. The second-order valence-corrected chi connectivity index (χ2v) is 7.80. The van der Waals surface area contributed by atoms with E-state index in [9.17, 15) is 9.59 Å². The predicted octanol–water partition coefficient (Wildman–Crippen LogP) is 3.86. The van der Waals surface area contributed by atoms with Gasteiger partial charge in [0.05, 0.1) is 13.0 Å². The van der Waals surface area contributed by atoms with E-state index in [1.807, 2.05) is 30.0 Å². The maximum Gasteiger partial charge on any atom is 0.253 e. The fraction of sp³-hybridized carbons (Fsp3) is 0.417. The van der Waals surface area contributed by atoms with E-state index in [2.05, 4.69) is 24.4 Å². The third-order valence-electron chi connectivity index (χ3n) is 5.72. The molecule has 0 spiro atoms. The Balaban J connectivity index is 1.82. The van der Waals surface area contributed by atoms with Gasteiger partial charge < -0.3 is 15.0 Å². The minimum absolute atomic E-state index is 0.0347. The number of rotatable bonds is 6. The normalized spacial score (nSPS) is 20.0. The van der Waals surface area contributed by atoms with Gasteiger partial charge in [0.25, 0.3) is 5.91 Å². The number of hydrogen-bond acceptors (Lipinski definition) is 3. The molecule has 2 aromatic rings. The van der Waals surface area contributed by atoms with Crippen LogP contribution in [0.3, 0.4) is 0 Å². The second kappa shape index (κ2) is 9.59. The van der Waals surface area contributed by atoms with Crippen molar-refractivity contribution in [1.82, 2.24) is 10.2 Å². The van der Waals surface area contributed by atoms with Gasteiger partial charge in [-0.1, -0.05) is 37.3 Å². The molecule has 2 amide bonds. The van der Waals surface area contributed by atoms with E-state index in [0.29, 0.717) is 24.4 Å². The second-order valence-electron chi connectivity index (χ2n) is 7.80. The van der Waals surface area contributed by atoms with Crippen molar-refractivity contribution in [1.29, 1.82) is 0 Å². The predicted molar refractivity (Wildman–Crippen MR) is 114 cm³/mol. The molecular weight excluding hydrogens is 364 g/mol. The molecule has 0 radical (unpaired) electrons. The van der Waals surface area contributed by atoms with E-state index in [0.717, 1.165) is 12.8 Å². The summed E-state index contributed by atoms with van der Waals surface area (Å²) in [6, 6.07) is 17.4. The average Bonchev–Trinajstić information content (AvgIpc) is 2.78. The smallest absolute Gasteiger partial charge is 0.253 e. The van der Waals surface area contributed by atoms with Crippen molar-refractivity contribution in [3.63, 3.8) is 0 Å². The fourth-order valence-corrected chi connectivity index (χ4v) is 3.80. The van der Waals surface area contributed by atoms with Gasteiger partial charge in [0.15, 0.2) is 0 Å². The standard InChI is InChI=1S/C24H30N2O3/c1-4-17(2)25-23(27)21-14-20(18-8-6-5-7-9-18)15-26(16-21)24(28)19-10-12-22(29-3)13-11-19/h5-13,17,20-21H,4,14-16H2,1-3H3,(H,25,27)/t17-,20-,21-/m0/s1. The first-order chi connectivity index (χ1) is 14.0. The lowest BCUT2D eigenvalue weighted by molar-refractivity contribution is -0.127. The van der Waals surface area contributed by atoms with Crippen LogP contribution in [0, 0.1) is 5.92 Å². The molecule has 154 valence electrons. The Labute approximate surface area is 173 Å². The van der Waals surface area contributed by atoms with Crippen molar-refractivity contribution in [2.45, 2.75) is 38.6 Å². The molecule has 0 bridgehead atoms. The number of nitrogens with one attached hydrogen (secondary N) is 1. The van der Waals surface area contributed by atoms with Gasteiger partial charge in [-0.25, -0.2) is 0 Å². The lowest BCUT2D eigenvalue weighted by Crippen LogP contribution is -2.49. The molecule has 0 aliphatic carbocycles. The largest absolute Gasteiger partial charge is 0.497 e.